The lowest BCUT2D eigenvalue weighted by atomic mass is 9.96. The molecule has 1 aliphatic heterocycles. The Balaban J connectivity index is 1.32. The van der Waals surface area contributed by atoms with E-state index in [9.17, 15) is 9.59 Å². The van der Waals surface area contributed by atoms with E-state index in [-0.39, 0.29) is 17.7 Å². The maximum Gasteiger partial charge on any atom is 0.223 e. The summed E-state index contributed by atoms with van der Waals surface area (Å²) in [5.41, 5.74) is 5.50. The number of aromatic nitrogens is 1. The minimum atomic E-state index is -0.00890. The molecule has 2 aromatic carbocycles. The second kappa shape index (κ2) is 9.43. The van der Waals surface area contributed by atoms with Gasteiger partial charge in [0.15, 0.2) is 0 Å². The molecule has 31 heavy (non-hydrogen) atoms. The smallest absolute Gasteiger partial charge is 0.223 e. The number of hydrogen-bond donors (Lipinski definition) is 1. The van der Waals surface area contributed by atoms with E-state index in [1.165, 1.54) is 5.56 Å². The van der Waals surface area contributed by atoms with Crippen LogP contribution in [0.4, 0.5) is 0 Å². The van der Waals surface area contributed by atoms with Crippen LogP contribution in [0.15, 0.2) is 53.9 Å². The van der Waals surface area contributed by atoms with Crippen LogP contribution in [-0.2, 0) is 16.1 Å². The lowest BCUT2D eigenvalue weighted by molar-refractivity contribution is -0.134. The van der Waals surface area contributed by atoms with Crippen LogP contribution in [0, 0.1) is 12.8 Å². The number of likely N-dealkylation sites (tertiary alicyclic amines) is 1. The van der Waals surface area contributed by atoms with E-state index >= 15 is 0 Å². The average molecular weight is 434 g/mol. The van der Waals surface area contributed by atoms with Gasteiger partial charge in [0.05, 0.1) is 5.69 Å². The zero-order valence-corrected chi connectivity index (χ0v) is 18.7. The van der Waals surface area contributed by atoms with Gasteiger partial charge in [-0.1, -0.05) is 54.1 Å². The normalized spacial score (nSPS) is 14.5. The van der Waals surface area contributed by atoms with Crippen molar-refractivity contribution in [2.45, 2.75) is 33.2 Å². The molecule has 1 N–H and O–H groups in total. The Hall–Kier alpha value is -2.99. The van der Waals surface area contributed by atoms with Gasteiger partial charge >= 0.3 is 0 Å². The summed E-state index contributed by atoms with van der Waals surface area (Å²) >= 11 is 1.64. The van der Waals surface area contributed by atoms with Gasteiger partial charge in [-0.3, -0.25) is 9.59 Å². The second-order valence-corrected chi connectivity index (χ2v) is 8.96. The van der Waals surface area contributed by atoms with Gasteiger partial charge in [-0.15, -0.1) is 11.3 Å². The highest BCUT2D eigenvalue weighted by atomic mass is 32.1. The number of piperidine rings is 1. The van der Waals surface area contributed by atoms with Crippen molar-refractivity contribution < 1.29 is 9.59 Å². The topological polar surface area (TPSA) is 62.3 Å². The van der Waals surface area contributed by atoms with Gasteiger partial charge in [0, 0.05) is 49.0 Å². The first-order valence-corrected chi connectivity index (χ1v) is 11.5. The first-order chi connectivity index (χ1) is 15.0. The summed E-state index contributed by atoms with van der Waals surface area (Å²) in [6.45, 7) is 5.51. The summed E-state index contributed by atoms with van der Waals surface area (Å²) < 4.78 is 0. The van der Waals surface area contributed by atoms with Crippen LogP contribution in [0.3, 0.4) is 0 Å². The molecule has 0 bridgehead atoms. The Labute approximate surface area is 187 Å². The van der Waals surface area contributed by atoms with Gasteiger partial charge in [-0.2, -0.15) is 0 Å². The van der Waals surface area contributed by atoms with Crippen LogP contribution in [0.25, 0.3) is 21.8 Å². The summed E-state index contributed by atoms with van der Waals surface area (Å²) in [6.07, 6.45) is 1.47. The molecule has 0 aliphatic carbocycles. The van der Waals surface area contributed by atoms with Crippen molar-refractivity contribution in [2.75, 3.05) is 13.1 Å². The van der Waals surface area contributed by atoms with Crippen molar-refractivity contribution >= 4 is 23.2 Å². The van der Waals surface area contributed by atoms with E-state index in [0.717, 1.165) is 40.2 Å². The van der Waals surface area contributed by atoms with E-state index in [1.807, 2.05) is 17.0 Å². The summed E-state index contributed by atoms with van der Waals surface area (Å²) in [5.74, 6) is 0.158. The standard InChI is InChI=1S/C25H27N3O2S/c1-17-3-7-20(8-4-17)23-16-31-25(27-23)22-9-5-19(6-10-22)15-26-24(30)21-11-13-28(14-12-21)18(2)29/h3-10,16,21H,11-15H2,1-2H3,(H,26,30). The van der Waals surface area contributed by atoms with Crippen LogP contribution >= 0.6 is 11.3 Å². The van der Waals surface area contributed by atoms with E-state index in [2.05, 4.69) is 54.0 Å². The number of aryl methyl sites for hydroxylation is 1. The summed E-state index contributed by atoms with van der Waals surface area (Å²) in [5, 5.41) is 6.12. The van der Waals surface area contributed by atoms with Gasteiger partial charge in [0.2, 0.25) is 11.8 Å². The van der Waals surface area contributed by atoms with Crippen LogP contribution in [-0.4, -0.2) is 34.8 Å². The van der Waals surface area contributed by atoms with Gasteiger partial charge in [-0.25, -0.2) is 4.98 Å². The fourth-order valence-corrected chi connectivity index (χ4v) is 4.65. The monoisotopic (exact) mass is 433 g/mol. The molecule has 0 atom stereocenters. The molecule has 160 valence electrons. The molecule has 1 saturated heterocycles. The highest BCUT2D eigenvalue weighted by Gasteiger charge is 2.25. The van der Waals surface area contributed by atoms with Crippen molar-refractivity contribution in [1.29, 1.82) is 0 Å². The number of hydrogen-bond acceptors (Lipinski definition) is 4. The van der Waals surface area contributed by atoms with Crippen molar-refractivity contribution in [1.82, 2.24) is 15.2 Å². The highest BCUT2D eigenvalue weighted by molar-refractivity contribution is 7.13. The number of carbonyl (C=O) groups excluding carboxylic acids is 2. The van der Waals surface area contributed by atoms with Gasteiger partial charge in [0.1, 0.15) is 5.01 Å². The molecule has 2 amide bonds. The minimum absolute atomic E-state index is 0.00890. The molecule has 6 heteroatoms. The van der Waals surface area contributed by atoms with Crippen molar-refractivity contribution in [3.63, 3.8) is 0 Å². The van der Waals surface area contributed by atoms with Gasteiger partial charge in [0.25, 0.3) is 0 Å². The molecule has 1 aliphatic rings. The number of thiazole rings is 1. The van der Waals surface area contributed by atoms with Crippen molar-refractivity contribution in [3.8, 4) is 21.8 Å². The maximum atomic E-state index is 12.5. The number of amides is 2. The van der Waals surface area contributed by atoms with E-state index in [4.69, 9.17) is 4.98 Å². The van der Waals surface area contributed by atoms with E-state index < -0.39 is 0 Å². The molecule has 0 radical (unpaired) electrons. The minimum Gasteiger partial charge on any atom is -0.352 e. The van der Waals surface area contributed by atoms with Crippen LogP contribution in [0.2, 0.25) is 0 Å². The molecule has 1 fully saturated rings. The van der Waals surface area contributed by atoms with Gasteiger partial charge < -0.3 is 10.2 Å². The second-order valence-electron chi connectivity index (χ2n) is 8.10. The SMILES string of the molecule is CC(=O)N1CCC(C(=O)NCc2ccc(-c3nc(-c4ccc(C)cc4)cs3)cc2)CC1. The zero-order valence-electron chi connectivity index (χ0n) is 17.9. The summed E-state index contributed by atoms with van der Waals surface area (Å²) in [6, 6.07) is 16.6. The largest absolute Gasteiger partial charge is 0.352 e. The molecule has 1 aromatic heterocycles. The predicted octanol–water partition coefficient (Wildman–Crippen LogP) is 4.66. The number of nitrogens with zero attached hydrogens (tertiary/aromatic N) is 2. The number of nitrogens with one attached hydrogen (secondary N) is 1. The van der Waals surface area contributed by atoms with Crippen LogP contribution in [0.5, 0.6) is 0 Å². The third-order valence-corrected chi connectivity index (χ3v) is 6.72. The molecule has 2 heterocycles. The third kappa shape index (κ3) is 5.20. The van der Waals surface area contributed by atoms with Crippen LogP contribution < -0.4 is 5.32 Å². The zero-order chi connectivity index (χ0) is 21.8. The molecular weight excluding hydrogens is 406 g/mol. The average Bonchev–Trinajstić information content (AvgIpc) is 3.28. The van der Waals surface area contributed by atoms with Gasteiger partial charge in [-0.05, 0) is 25.3 Å². The molecule has 0 spiro atoms. The number of rotatable bonds is 5. The number of benzene rings is 2. The van der Waals surface area contributed by atoms with E-state index in [0.29, 0.717) is 19.6 Å². The first kappa shape index (κ1) is 21.2. The quantitative estimate of drug-likeness (QED) is 0.637. The summed E-state index contributed by atoms with van der Waals surface area (Å²) in [4.78, 5) is 30.5. The van der Waals surface area contributed by atoms with E-state index in [1.54, 1.807) is 18.3 Å². The van der Waals surface area contributed by atoms with Crippen molar-refractivity contribution in [3.05, 3.63) is 65.0 Å². The Morgan fingerprint density at radius 3 is 2.32 bits per heavy atom. The Bertz CT molecular complexity index is 1050. The van der Waals surface area contributed by atoms with Crippen molar-refractivity contribution in [2.24, 2.45) is 5.92 Å². The molecule has 0 saturated carbocycles. The predicted molar refractivity (Wildman–Crippen MR) is 125 cm³/mol. The Morgan fingerprint density at radius 2 is 1.68 bits per heavy atom. The lowest BCUT2D eigenvalue weighted by Gasteiger charge is -2.30. The molecular formula is C25H27N3O2S. The Morgan fingerprint density at radius 1 is 1.03 bits per heavy atom. The molecule has 3 aromatic rings. The fraction of sp³-hybridized carbons (Fsp3) is 0.320. The third-order valence-electron chi connectivity index (χ3n) is 5.83. The lowest BCUT2D eigenvalue weighted by Crippen LogP contribution is -2.42. The first-order valence-electron chi connectivity index (χ1n) is 10.6. The molecule has 0 unspecified atom stereocenters. The fourth-order valence-electron chi connectivity index (χ4n) is 3.82. The molecule has 5 nitrogen and oxygen atoms in total. The van der Waals surface area contributed by atoms with Crippen LogP contribution in [0.1, 0.15) is 30.9 Å². The Kier molecular flexibility index (Phi) is 6.47. The maximum absolute atomic E-state index is 12.5. The highest BCUT2D eigenvalue weighted by Crippen LogP contribution is 2.29. The number of carbonyl (C=O) groups is 2. The molecule has 4 rings (SSSR count). The summed E-state index contributed by atoms with van der Waals surface area (Å²) in [7, 11) is 0.